The molecule has 3 saturated heterocycles. The van der Waals surface area contributed by atoms with Crippen molar-refractivity contribution in [3.05, 3.63) is 0 Å². The number of nitrogens with zero attached hydrogens (tertiary/aromatic N) is 3. The maximum atomic E-state index is 12.8. The smallest absolute Gasteiger partial charge is 0.227 e. The van der Waals surface area contributed by atoms with Crippen LogP contribution in [0.2, 0.25) is 0 Å². The summed E-state index contributed by atoms with van der Waals surface area (Å²) in [4.78, 5) is 19.9. The molecule has 0 aromatic heterocycles. The van der Waals surface area contributed by atoms with Gasteiger partial charge in [-0.3, -0.25) is 9.69 Å². The van der Waals surface area contributed by atoms with Crippen LogP contribution in [0.1, 0.15) is 33.1 Å². The van der Waals surface area contributed by atoms with E-state index in [-0.39, 0.29) is 5.92 Å². The van der Waals surface area contributed by atoms with Crippen molar-refractivity contribution in [3.63, 3.8) is 0 Å². The van der Waals surface area contributed by atoms with Crippen LogP contribution in [0.4, 0.5) is 0 Å². The van der Waals surface area contributed by atoms with Crippen molar-refractivity contribution in [1.29, 1.82) is 0 Å². The lowest BCUT2D eigenvalue weighted by Crippen LogP contribution is -2.58. The van der Waals surface area contributed by atoms with E-state index in [1.54, 1.807) is 0 Å². The van der Waals surface area contributed by atoms with E-state index >= 15 is 0 Å². The van der Waals surface area contributed by atoms with Gasteiger partial charge in [0.15, 0.2) is 0 Å². The molecule has 4 heteroatoms. The van der Waals surface area contributed by atoms with E-state index in [0.29, 0.717) is 24.0 Å². The molecule has 0 aromatic carbocycles. The Labute approximate surface area is 116 Å². The molecule has 0 aromatic rings. The first kappa shape index (κ1) is 13.4. The molecule has 3 rings (SSSR count). The Bertz CT molecular complexity index is 343. The Kier molecular flexibility index (Phi) is 3.56. The average molecular weight is 265 g/mol. The molecule has 3 heterocycles. The molecule has 3 aliphatic heterocycles. The van der Waals surface area contributed by atoms with Crippen LogP contribution in [0.5, 0.6) is 0 Å². The lowest BCUT2D eigenvalue weighted by molar-refractivity contribution is -0.141. The number of hydrogen-bond acceptors (Lipinski definition) is 3. The first-order valence-corrected chi connectivity index (χ1v) is 7.81. The summed E-state index contributed by atoms with van der Waals surface area (Å²) in [5.41, 5.74) is 0. The second-order valence-electron chi connectivity index (χ2n) is 6.93. The van der Waals surface area contributed by atoms with Gasteiger partial charge >= 0.3 is 0 Å². The van der Waals surface area contributed by atoms with Crippen molar-refractivity contribution < 1.29 is 4.79 Å². The second-order valence-corrected chi connectivity index (χ2v) is 6.93. The average Bonchev–Trinajstić information content (AvgIpc) is 2.90. The number of hydrogen-bond donors (Lipinski definition) is 0. The predicted molar refractivity (Wildman–Crippen MR) is 76.0 cm³/mol. The highest BCUT2D eigenvalue weighted by atomic mass is 16.2. The summed E-state index contributed by atoms with van der Waals surface area (Å²) in [6, 6.07) is 1.58. The van der Waals surface area contributed by atoms with Gasteiger partial charge in [-0.25, -0.2) is 0 Å². The Morgan fingerprint density at radius 2 is 1.68 bits per heavy atom. The highest BCUT2D eigenvalue weighted by Gasteiger charge is 2.45. The van der Waals surface area contributed by atoms with Gasteiger partial charge in [-0.05, 0) is 46.7 Å². The molecule has 3 atom stereocenters. The Morgan fingerprint density at radius 3 is 2.16 bits per heavy atom. The Balaban J connectivity index is 1.68. The zero-order valence-electron chi connectivity index (χ0n) is 12.5. The molecular weight excluding hydrogens is 238 g/mol. The van der Waals surface area contributed by atoms with Crippen LogP contribution in [-0.4, -0.2) is 72.0 Å². The number of carbonyl (C=O) groups excluding carboxylic acids is 1. The van der Waals surface area contributed by atoms with Crippen LogP contribution in [-0.2, 0) is 4.79 Å². The molecule has 0 N–H and O–H groups in total. The summed E-state index contributed by atoms with van der Waals surface area (Å²) >= 11 is 0. The van der Waals surface area contributed by atoms with E-state index in [1.807, 2.05) is 0 Å². The first-order chi connectivity index (χ1) is 9.06. The van der Waals surface area contributed by atoms with Gasteiger partial charge in [0, 0.05) is 37.8 Å². The van der Waals surface area contributed by atoms with Gasteiger partial charge in [-0.1, -0.05) is 0 Å². The summed E-state index contributed by atoms with van der Waals surface area (Å²) < 4.78 is 0. The third-order valence-corrected chi connectivity index (χ3v) is 5.24. The molecule has 0 spiro atoms. The maximum Gasteiger partial charge on any atom is 0.227 e. The molecule has 0 aliphatic carbocycles. The highest BCUT2D eigenvalue weighted by Crippen LogP contribution is 2.33. The highest BCUT2D eigenvalue weighted by molar-refractivity contribution is 5.80. The van der Waals surface area contributed by atoms with Gasteiger partial charge in [0.05, 0.1) is 5.92 Å². The fourth-order valence-corrected chi connectivity index (χ4v) is 4.06. The van der Waals surface area contributed by atoms with Gasteiger partial charge in [-0.2, -0.15) is 0 Å². The molecule has 19 heavy (non-hydrogen) atoms. The summed E-state index contributed by atoms with van der Waals surface area (Å²) in [7, 11) is 2.12. The zero-order valence-corrected chi connectivity index (χ0v) is 12.5. The van der Waals surface area contributed by atoms with E-state index in [4.69, 9.17) is 0 Å². The lowest BCUT2D eigenvalue weighted by atomic mass is 10.0. The van der Waals surface area contributed by atoms with Crippen molar-refractivity contribution >= 4 is 5.91 Å². The molecule has 0 radical (unpaired) electrons. The number of carbonyl (C=O) groups is 1. The molecular formula is C15H27N3O. The van der Waals surface area contributed by atoms with Crippen LogP contribution in [0, 0.1) is 5.92 Å². The van der Waals surface area contributed by atoms with E-state index in [2.05, 4.69) is 35.6 Å². The summed E-state index contributed by atoms with van der Waals surface area (Å²) in [5, 5.41) is 0. The molecule has 3 unspecified atom stereocenters. The lowest BCUT2D eigenvalue weighted by Gasteiger charge is -2.43. The third-order valence-electron chi connectivity index (χ3n) is 5.24. The van der Waals surface area contributed by atoms with Crippen LogP contribution in [0.3, 0.4) is 0 Å². The molecule has 1 amide bonds. The quantitative estimate of drug-likeness (QED) is 0.746. The van der Waals surface area contributed by atoms with Gasteiger partial charge in [0.2, 0.25) is 5.91 Å². The fraction of sp³-hybridized carbons (Fsp3) is 0.933. The number of amides is 1. The summed E-state index contributed by atoms with van der Waals surface area (Å²) in [5.74, 6) is 0.707. The normalized spacial score (nSPS) is 36.4. The third kappa shape index (κ3) is 2.40. The molecule has 108 valence electrons. The summed E-state index contributed by atoms with van der Waals surface area (Å²) in [6.45, 7) is 8.75. The van der Waals surface area contributed by atoms with E-state index in [1.165, 1.54) is 12.8 Å². The van der Waals surface area contributed by atoms with Gasteiger partial charge < -0.3 is 9.80 Å². The van der Waals surface area contributed by atoms with Crippen molar-refractivity contribution in [2.75, 3.05) is 33.2 Å². The van der Waals surface area contributed by atoms with Crippen molar-refractivity contribution in [2.45, 2.75) is 51.2 Å². The van der Waals surface area contributed by atoms with Crippen molar-refractivity contribution in [1.82, 2.24) is 14.7 Å². The topological polar surface area (TPSA) is 26.8 Å². The standard InChI is InChI=1S/C15H27N3O/c1-11(2)17-9-13-4-5-14(10-17)18(13)15(19)12-6-7-16(3)8-12/h11-14H,4-10H2,1-3H3. The van der Waals surface area contributed by atoms with Crippen LogP contribution in [0.25, 0.3) is 0 Å². The Morgan fingerprint density at radius 1 is 1.05 bits per heavy atom. The number of likely N-dealkylation sites (tertiary alicyclic amines) is 2. The summed E-state index contributed by atoms with van der Waals surface area (Å²) in [6.07, 6.45) is 3.48. The van der Waals surface area contributed by atoms with Gasteiger partial charge in [0.25, 0.3) is 0 Å². The van der Waals surface area contributed by atoms with Gasteiger partial charge in [0.1, 0.15) is 0 Å². The monoisotopic (exact) mass is 265 g/mol. The van der Waals surface area contributed by atoms with E-state index in [0.717, 1.165) is 32.6 Å². The molecule has 2 bridgehead atoms. The minimum absolute atomic E-state index is 0.263. The molecule has 0 saturated carbocycles. The fourth-order valence-electron chi connectivity index (χ4n) is 4.06. The molecule has 3 fully saturated rings. The SMILES string of the molecule is CC(C)N1CC2CCC(C1)N2C(=O)C1CCN(C)C1. The van der Waals surface area contributed by atoms with Gasteiger partial charge in [-0.15, -0.1) is 0 Å². The maximum absolute atomic E-state index is 12.8. The predicted octanol–water partition coefficient (Wildman–Crippen LogP) is 1.02. The first-order valence-electron chi connectivity index (χ1n) is 7.81. The number of fused-ring (bicyclic) bond motifs is 2. The molecule has 4 nitrogen and oxygen atoms in total. The minimum Gasteiger partial charge on any atom is -0.334 e. The largest absolute Gasteiger partial charge is 0.334 e. The van der Waals surface area contributed by atoms with E-state index < -0.39 is 0 Å². The van der Waals surface area contributed by atoms with Crippen molar-refractivity contribution in [2.24, 2.45) is 5.92 Å². The van der Waals surface area contributed by atoms with Crippen LogP contribution < -0.4 is 0 Å². The van der Waals surface area contributed by atoms with Crippen LogP contribution >= 0.6 is 0 Å². The number of rotatable bonds is 2. The zero-order chi connectivity index (χ0) is 13.6. The second kappa shape index (κ2) is 5.06. The van der Waals surface area contributed by atoms with E-state index in [9.17, 15) is 4.79 Å². The van der Waals surface area contributed by atoms with Crippen molar-refractivity contribution in [3.8, 4) is 0 Å². The Hall–Kier alpha value is -0.610. The minimum atomic E-state index is 0.263. The molecule has 3 aliphatic rings. The van der Waals surface area contributed by atoms with Crippen LogP contribution in [0.15, 0.2) is 0 Å². The number of piperazine rings is 1.